The maximum absolute atomic E-state index is 13.6. The van der Waals surface area contributed by atoms with Crippen molar-refractivity contribution in [3.05, 3.63) is 56.3 Å². The molecule has 0 aliphatic rings. The molecule has 1 aromatic carbocycles. The van der Waals surface area contributed by atoms with Crippen LogP contribution in [0, 0.1) is 10.5 Å². The van der Waals surface area contributed by atoms with Crippen LogP contribution < -0.4 is 0 Å². The highest BCUT2D eigenvalue weighted by molar-refractivity contribution is 9.10. The molecule has 1 N–H and O–H groups in total. The Morgan fingerprint density at radius 1 is 1.37 bits per heavy atom. The molecule has 0 aliphatic carbocycles. The van der Waals surface area contributed by atoms with Crippen molar-refractivity contribution in [2.75, 3.05) is 0 Å². The van der Waals surface area contributed by atoms with Crippen LogP contribution in [0.1, 0.15) is 36.8 Å². The Kier molecular flexibility index (Phi) is 4.47. The fourth-order valence-electron chi connectivity index (χ4n) is 1.83. The van der Waals surface area contributed by atoms with E-state index in [1.54, 1.807) is 12.1 Å². The van der Waals surface area contributed by atoms with Crippen LogP contribution in [0.2, 0.25) is 0 Å². The van der Waals surface area contributed by atoms with Crippen LogP contribution in [-0.4, -0.2) is 9.97 Å². The van der Waals surface area contributed by atoms with E-state index in [1.165, 1.54) is 6.07 Å². The van der Waals surface area contributed by atoms with Gasteiger partial charge in [0, 0.05) is 12.1 Å². The van der Waals surface area contributed by atoms with Crippen molar-refractivity contribution in [1.29, 1.82) is 0 Å². The first-order valence-electron chi connectivity index (χ1n) is 6.01. The van der Waals surface area contributed by atoms with Gasteiger partial charge in [0.15, 0.2) is 0 Å². The SMILES string of the molecule is CC(C)c1[nH]c(Cc2ccccc2F)nc(=S)c1Br. The van der Waals surface area contributed by atoms with Crippen LogP contribution in [-0.2, 0) is 6.42 Å². The van der Waals surface area contributed by atoms with Gasteiger partial charge in [0.2, 0.25) is 0 Å². The summed E-state index contributed by atoms with van der Waals surface area (Å²) in [4.78, 5) is 7.54. The molecule has 0 fully saturated rings. The molecule has 0 spiro atoms. The Morgan fingerprint density at radius 3 is 2.68 bits per heavy atom. The third kappa shape index (κ3) is 3.28. The zero-order valence-electron chi connectivity index (χ0n) is 10.7. The van der Waals surface area contributed by atoms with Crippen LogP contribution >= 0.6 is 28.1 Å². The molecule has 5 heteroatoms. The molecule has 0 saturated carbocycles. The molecular formula is C14H14BrFN2S. The first-order valence-corrected chi connectivity index (χ1v) is 7.21. The molecule has 0 saturated heterocycles. The van der Waals surface area contributed by atoms with Crippen molar-refractivity contribution in [2.45, 2.75) is 26.2 Å². The number of H-pyrrole nitrogens is 1. The van der Waals surface area contributed by atoms with E-state index in [2.05, 4.69) is 39.7 Å². The van der Waals surface area contributed by atoms with Crippen molar-refractivity contribution < 1.29 is 4.39 Å². The van der Waals surface area contributed by atoms with E-state index in [1.807, 2.05) is 6.07 Å². The smallest absolute Gasteiger partial charge is 0.144 e. The lowest BCUT2D eigenvalue weighted by Gasteiger charge is -2.11. The number of hydrogen-bond acceptors (Lipinski definition) is 2. The van der Waals surface area contributed by atoms with Gasteiger partial charge in [0.05, 0.1) is 4.47 Å². The van der Waals surface area contributed by atoms with Gasteiger partial charge in [-0.2, -0.15) is 0 Å². The minimum atomic E-state index is -0.224. The van der Waals surface area contributed by atoms with E-state index in [9.17, 15) is 4.39 Å². The van der Waals surface area contributed by atoms with Gasteiger partial charge < -0.3 is 4.98 Å². The average Bonchev–Trinajstić information content (AvgIpc) is 2.36. The quantitative estimate of drug-likeness (QED) is 0.816. The summed E-state index contributed by atoms with van der Waals surface area (Å²) >= 11 is 8.67. The van der Waals surface area contributed by atoms with E-state index in [0.717, 1.165) is 10.2 Å². The maximum atomic E-state index is 13.6. The molecule has 0 radical (unpaired) electrons. The topological polar surface area (TPSA) is 28.7 Å². The summed E-state index contributed by atoms with van der Waals surface area (Å²) < 4.78 is 15.0. The molecule has 0 unspecified atom stereocenters. The molecule has 2 aromatic rings. The highest BCUT2D eigenvalue weighted by Crippen LogP contribution is 2.24. The summed E-state index contributed by atoms with van der Waals surface area (Å²) in [7, 11) is 0. The lowest BCUT2D eigenvalue weighted by molar-refractivity contribution is 0.611. The molecule has 1 heterocycles. The third-order valence-corrected chi connectivity index (χ3v) is 4.19. The summed E-state index contributed by atoms with van der Waals surface area (Å²) in [6.45, 7) is 4.14. The number of aromatic amines is 1. The fourth-order valence-corrected chi connectivity index (χ4v) is 2.69. The van der Waals surface area contributed by atoms with Crippen molar-refractivity contribution >= 4 is 28.1 Å². The predicted octanol–water partition coefficient (Wildman–Crippen LogP) is 4.75. The number of nitrogens with zero attached hydrogens (tertiary/aromatic N) is 1. The molecule has 0 atom stereocenters. The Morgan fingerprint density at radius 2 is 2.05 bits per heavy atom. The minimum Gasteiger partial charge on any atom is -0.346 e. The van der Waals surface area contributed by atoms with E-state index in [0.29, 0.717) is 28.4 Å². The van der Waals surface area contributed by atoms with Crippen LogP contribution in [0.25, 0.3) is 0 Å². The van der Waals surface area contributed by atoms with Gasteiger partial charge >= 0.3 is 0 Å². The summed E-state index contributed by atoms with van der Waals surface area (Å²) in [5, 5.41) is 0. The second-order valence-corrected chi connectivity index (χ2v) is 5.82. The molecule has 0 aliphatic heterocycles. The van der Waals surface area contributed by atoms with E-state index >= 15 is 0 Å². The van der Waals surface area contributed by atoms with Gasteiger partial charge in [-0.3, -0.25) is 0 Å². The van der Waals surface area contributed by atoms with E-state index < -0.39 is 0 Å². The van der Waals surface area contributed by atoms with Gasteiger partial charge in [-0.1, -0.05) is 44.3 Å². The standard InChI is InChI=1S/C14H14BrFN2S/c1-8(2)13-12(15)14(19)18-11(17-13)7-9-5-3-4-6-10(9)16/h3-6,8H,7H2,1-2H3,(H,17,18,19). The zero-order valence-corrected chi connectivity index (χ0v) is 13.1. The highest BCUT2D eigenvalue weighted by Gasteiger charge is 2.11. The largest absolute Gasteiger partial charge is 0.346 e. The van der Waals surface area contributed by atoms with Gasteiger partial charge in [-0.15, -0.1) is 0 Å². The molecule has 100 valence electrons. The fraction of sp³-hybridized carbons (Fsp3) is 0.286. The van der Waals surface area contributed by atoms with Crippen LogP contribution in [0.4, 0.5) is 4.39 Å². The number of hydrogen-bond donors (Lipinski definition) is 1. The molecular weight excluding hydrogens is 327 g/mol. The number of halogens is 2. The first kappa shape index (κ1) is 14.3. The predicted molar refractivity (Wildman–Crippen MR) is 80.4 cm³/mol. The maximum Gasteiger partial charge on any atom is 0.144 e. The molecule has 1 aromatic heterocycles. The third-order valence-electron chi connectivity index (χ3n) is 2.83. The Hall–Kier alpha value is -1.07. The van der Waals surface area contributed by atoms with Crippen LogP contribution in [0.15, 0.2) is 28.7 Å². The minimum absolute atomic E-state index is 0.224. The summed E-state index contributed by atoms with van der Waals surface area (Å²) in [6.07, 6.45) is 0.406. The molecule has 0 amide bonds. The van der Waals surface area contributed by atoms with Crippen molar-refractivity contribution in [3.8, 4) is 0 Å². The van der Waals surface area contributed by atoms with E-state index in [4.69, 9.17) is 12.2 Å². The van der Waals surface area contributed by atoms with Crippen LogP contribution in [0.5, 0.6) is 0 Å². The Balaban J connectivity index is 2.42. The van der Waals surface area contributed by atoms with E-state index in [-0.39, 0.29) is 5.82 Å². The normalized spacial score (nSPS) is 11.0. The lowest BCUT2D eigenvalue weighted by atomic mass is 10.1. The van der Waals surface area contributed by atoms with Crippen molar-refractivity contribution in [2.24, 2.45) is 0 Å². The van der Waals surface area contributed by atoms with Gasteiger partial charge in [0.25, 0.3) is 0 Å². The zero-order chi connectivity index (χ0) is 14.0. The monoisotopic (exact) mass is 340 g/mol. The molecule has 2 rings (SSSR count). The van der Waals surface area contributed by atoms with Crippen LogP contribution in [0.3, 0.4) is 0 Å². The van der Waals surface area contributed by atoms with Crippen molar-refractivity contribution in [3.63, 3.8) is 0 Å². The second kappa shape index (κ2) is 5.92. The lowest BCUT2D eigenvalue weighted by Crippen LogP contribution is -2.05. The van der Waals surface area contributed by atoms with Gasteiger partial charge in [0.1, 0.15) is 16.3 Å². The van der Waals surface area contributed by atoms with Crippen molar-refractivity contribution in [1.82, 2.24) is 9.97 Å². The molecule has 19 heavy (non-hydrogen) atoms. The van der Waals surface area contributed by atoms with Gasteiger partial charge in [-0.25, -0.2) is 9.37 Å². The molecule has 2 nitrogen and oxygen atoms in total. The highest BCUT2D eigenvalue weighted by atomic mass is 79.9. The summed E-state index contributed by atoms with van der Waals surface area (Å²) in [5.74, 6) is 0.748. The number of benzene rings is 1. The number of rotatable bonds is 3. The molecule has 0 bridgehead atoms. The average molecular weight is 341 g/mol. The Labute approximate surface area is 125 Å². The number of aromatic nitrogens is 2. The van der Waals surface area contributed by atoms with Gasteiger partial charge in [-0.05, 0) is 33.5 Å². The summed E-state index contributed by atoms with van der Waals surface area (Å²) in [5.41, 5.74) is 1.60. The number of nitrogens with one attached hydrogen (secondary N) is 1. The first-order chi connectivity index (χ1) is 8.99. The second-order valence-electron chi connectivity index (χ2n) is 4.64. The summed E-state index contributed by atoms with van der Waals surface area (Å²) in [6, 6.07) is 6.70. The Bertz CT molecular complexity index is 652.